The number of carbonyl (C=O) groups is 1. The average Bonchev–Trinajstić information content (AvgIpc) is 2.74. The minimum absolute atomic E-state index is 0.0173. The molecule has 1 aliphatic carbocycles. The van der Waals surface area contributed by atoms with Gasteiger partial charge in [-0.25, -0.2) is 19.3 Å². The van der Waals surface area contributed by atoms with E-state index in [4.69, 9.17) is 9.47 Å². The van der Waals surface area contributed by atoms with Crippen molar-refractivity contribution in [3.05, 3.63) is 36.0 Å². The number of amides is 1. The Bertz CT molecular complexity index is 902. The van der Waals surface area contributed by atoms with Crippen LogP contribution in [0.15, 0.2) is 29.5 Å². The van der Waals surface area contributed by atoms with Crippen molar-refractivity contribution >= 4 is 12.6 Å². The lowest BCUT2D eigenvalue weighted by Crippen LogP contribution is -2.37. The van der Waals surface area contributed by atoms with Gasteiger partial charge in [0.1, 0.15) is 6.10 Å². The van der Waals surface area contributed by atoms with Crippen molar-refractivity contribution in [1.29, 1.82) is 0 Å². The Morgan fingerprint density at radius 1 is 1.32 bits per heavy atom. The molecule has 0 saturated heterocycles. The maximum Gasteiger partial charge on any atom is 0.250 e. The monoisotopic (exact) mass is 429 g/mol. The molecule has 1 saturated carbocycles. The first kappa shape index (κ1) is 22.7. The molecule has 0 bridgehead atoms. The number of nitrogens with one attached hydrogen (secondary N) is 1. The van der Waals surface area contributed by atoms with E-state index in [0.717, 1.165) is 25.7 Å². The Labute approximate surface area is 181 Å². The number of ether oxygens (including phenoxy) is 2. The molecule has 1 atom stereocenters. The van der Waals surface area contributed by atoms with Crippen LogP contribution in [0.4, 0.5) is 4.39 Å². The van der Waals surface area contributed by atoms with Crippen molar-refractivity contribution in [2.24, 2.45) is 4.99 Å². The molecule has 8 nitrogen and oxygen atoms in total. The van der Waals surface area contributed by atoms with E-state index in [1.165, 1.54) is 19.2 Å². The molecular weight excluding hydrogens is 401 g/mol. The van der Waals surface area contributed by atoms with Crippen LogP contribution in [0, 0.1) is 5.82 Å². The number of carbonyl (C=O) groups excluding carboxylic acids is 1. The fraction of sp³-hybridized carbons (Fsp3) is 0.500. The van der Waals surface area contributed by atoms with E-state index >= 15 is 0 Å². The van der Waals surface area contributed by atoms with Gasteiger partial charge in [-0.3, -0.25) is 9.79 Å². The number of nitrogens with zero attached hydrogens (tertiary/aromatic N) is 4. The van der Waals surface area contributed by atoms with Crippen LogP contribution in [-0.2, 0) is 16.1 Å². The first-order valence-electron chi connectivity index (χ1n) is 10.4. The van der Waals surface area contributed by atoms with Gasteiger partial charge in [-0.05, 0) is 51.5 Å². The lowest BCUT2D eigenvalue weighted by molar-refractivity contribution is -0.120. The van der Waals surface area contributed by atoms with E-state index in [1.807, 2.05) is 6.92 Å². The summed E-state index contributed by atoms with van der Waals surface area (Å²) in [5.41, 5.74) is 1.17. The first-order chi connectivity index (χ1) is 14.9. The van der Waals surface area contributed by atoms with Gasteiger partial charge >= 0.3 is 0 Å². The van der Waals surface area contributed by atoms with E-state index in [9.17, 15) is 9.18 Å². The largest absolute Gasteiger partial charge is 0.472 e. The zero-order chi connectivity index (χ0) is 22.2. The second-order valence-corrected chi connectivity index (χ2v) is 7.72. The fourth-order valence-electron chi connectivity index (χ4n) is 3.52. The van der Waals surface area contributed by atoms with Crippen LogP contribution < -0.4 is 10.1 Å². The highest BCUT2D eigenvalue weighted by Crippen LogP contribution is 2.27. The highest BCUT2D eigenvalue weighted by molar-refractivity contribution is 5.73. The van der Waals surface area contributed by atoms with Gasteiger partial charge in [0.05, 0.1) is 24.9 Å². The Kier molecular flexibility index (Phi) is 8.00. The molecule has 1 aliphatic rings. The zero-order valence-corrected chi connectivity index (χ0v) is 17.9. The van der Waals surface area contributed by atoms with E-state index in [-0.39, 0.29) is 30.0 Å². The SMILES string of the molecule is C=NCc1ccnc(-c2cnc(OC3CCC(OC[C@H](C)NC(C)=O)CC3)c(F)c2)n1. The van der Waals surface area contributed by atoms with Gasteiger partial charge in [-0.15, -0.1) is 0 Å². The molecule has 0 aromatic carbocycles. The molecule has 1 N–H and O–H groups in total. The van der Waals surface area contributed by atoms with Gasteiger partial charge in [-0.2, -0.15) is 0 Å². The molecule has 166 valence electrons. The van der Waals surface area contributed by atoms with Crippen LogP contribution in [0.3, 0.4) is 0 Å². The van der Waals surface area contributed by atoms with Crippen molar-refractivity contribution in [3.63, 3.8) is 0 Å². The third kappa shape index (κ3) is 6.78. The molecule has 2 aromatic heterocycles. The molecule has 2 aromatic rings. The van der Waals surface area contributed by atoms with E-state index < -0.39 is 5.82 Å². The summed E-state index contributed by atoms with van der Waals surface area (Å²) in [5, 5.41) is 2.80. The summed E-state index contributed by atoms with van der Waals surface area (Å²) >= 11 is 0. The Morgan fingerprint density at radius 3 is 2.74 bits per heavy atom. The molecular formula is C22H28FN5O3. The molecule has 9 heteroatoms. The Hall–Kier alpha value is -2.94. The Morgan fingerprint density at radius 2 is 2.06 bits per heavy atom. The second-order valence-electron chi connectivity index (χ2n) is 7.72. The molecule has 2 heterocycles. The third-order valence-electron chi connectivity index (χ3n) is 4.98. The number of pyridine rings is 1. The number of aromatic nitrogens is 3. The van der Waals surface area contributed by atoms with Crippen LogP contribution in [0.25, 0.3) is 11.4 Å². The fourth-order valence-corrected chi connectivity index (χ4v) is 3.52. The second kappa shape index (κ2) is 10.9. The van der Waals surface area contributed by atoms with Crippen LogP contribution >= 0.6 is 0 Å². The standard InChI is InChI=1S/C22H28FN5O3/c1-14(27-15(2)29)13-30-18-4-6-19(7-5-18)31-22-20(23)10-16(11-26-22)21-25-9-8-17(28-21)12-24-3/h8-11,14,18-19H,3-7,12-13H2,1-2H3,(H,27,29)/t14-,18?,19?/m0/s1. The smallest absolute Gasteiger partial charge is 0.250 e. The Balaban J connectivity index is 1.52. The zero-order valence-electron chi connectivity index (χ0n) is 17.9. The predicted molar refractivity (Wildman–Crippen MR) is 114 cm³/mol. The van der Waals surface area contributed by atoms with Crippen LogP contribution in [0.5, 0.6) is 5.88 Å². The van der Waals surface area contributed by atoms with Gasteiger partial charge in [0.25, 0.3) is 5.88 Å². The molecule has 0 radical (unpaired) electrons. The van der Waals surface area contributed by atoms with Crippen LogP contribution in [0.2, 0.25) is 0 Å². The van der Waals surface area contributed by atoms with E-state index in [1.54, 1.807) is 12.3 Å². The maximum absolute atomic E-state index is 14.6. The van der Waals surface area contributed by atoms with Gasteiger partial charge in [0, 0.05) is 30.9 Å². The molecule has 0 unspecified atom stereocenters. The topological polar surface area (TPSA) is 98.6 Å². The summed E-state index contributed by atoms with van der Waals surface area (Å²) in [6.07, 6.45) is 6.25. The molecule has 31 heavy (non-hydrogen) atoms. The molecule has 3 rings (SSSR count). The summed E-state index contributed by atoms with van der Waals surface area (Å²) < 4.78 is 26.3. The normalized spacial score (nSPS) is 19.5. The van der Waals surface area contributed by atoms with E-state index in [0.29, 0.717) is 30.2 Å². The number of hydrogen-bond acceptors (Lipinski definition) is 7. The van der Waals surface area contributed by atoms with Crippen molar-refractivity contribution in [2.45, 2.75) is 64.3 Å². The molecule has 0 aliphatic heterocycles. The van der Waals surface area contributed by atoms with Gasteiger partial charge in [0.15, 0.2) is 11.6 Å². The van der Waals surface area contributed by atoms with E-state index in [2.05, 4.69) is 32.0 Å². The summed E-state index contributed by atoms with van der Waals surface area (Å²) in [6, 6.07) is 3.04. The summed E-state index contributed by atoms with van der Waals surface area (Å²) in [7, 11) is 0. The van der Waals surface area contributed by atoms with Crippen molar-refractivity contribution in [2.75, 3.05) is 6.61 Å². The highest BCUT2D eigenvalue weighted by atomic mass is 19.1. The molecule has 1 amide bonds. The lowest BCUT2D eigenvalue weighted by Gasteiger charge is -2.29. The summed E-state index contributed by atoms with van der Waals surface area (Å²) in [6.45, 7) is 7.69. The first-order valence-corrected chi connectivity index (χ1v) is 10.4. The number of rotatable bonds is 9. The number of hydrogen-bond donors (Lipinski definition) is 1. The van der Waals surface area contributed by atoms with Crippen molar-refractivity contribution in [1.82, 2.24) is 20.3 Å². The lowest BCUT2D eigenvalue weighted by atomic mass is 9.95. The summed E-state index contributed by atoms with van der Waals surface area (Å²) in [5.74, 6) is -0.251. The average molecular weight is 429 g/mol. The summed E-state index contributed by atoms with van der Waals surface area (Å²) in [4.78, 5) is 27.5. The minimum Gasteiger partial charge on any atom is -0.472 e. The quantitative estimate of drug-likeness (QED) is 0.615. The van der Waals surface area contributed by atoms with Crippen molar-refractivity contribution < 1.29 is 18.7 Å². The van der Waals surface area contributed by atoms with Crippen LogP contribution in [0.1, 0.15) is 45.2 Å². The van der Waals surface area contributed by atoms with Gasteiger partial charge in [-0.1, -0.05) is 0 Å². The molecule has 0 spiro atoms. The van der Waals surface area contributed by atoms with Gasteiger partial charge in [0.2, 0.25) is 5.91 Å². The molecule has 1 fully saturated rings. The third-order valence-corrected chi connectivity index (χ3v) is 4.98. The maximum atomic E-state index is 14.6. The number of halogens is 1. The predicted octanol–water partition coefficient (Wildman–Crippen LogP) is 3.11. The van der Waals surface area contributed by atoms with Gasteiger partial charge < -0.3 is 14.8 Å². The van der Waals surface area contributed by atoms with Crippen molar-refractivity contribution in [3.8, 4) is 17.3 Å². The minimum atomic E-state index is -0.546. The highest BCUT2D eigenvalue weighted by Gasteiger charge is 2.25. The number of aliphatic imine (C=N–C) groups is 1. The van der Waals surface area contributed by atoms with Crippen LogP contribution in [-0.4, -0.2) is 52.4 Å².